The predicted molar refractivity (Wildman–Crippen MR) is 98.8 cm³/mol. The summed E-state index contributed by atoms with van der Waals surface area (Å²) in [6.45, 7) is 4.00. The first-order valence-electron chi connectivity index (χ1n) is 9.14. The molecule has 2 atom stereocenters. The molecule has 0 aromatic carbocycles. The summed E-state index contributed by atoms with van der Waals surface area (Å²) in [6.07, 6.45) is 4.05. The number of aromatic nitrogens is 2. The van der Waals surface area contributed by atoms with Crippen molar-refractivity contribution in [2.24, 2.45) is 0 Å². The largest absolute Gasteiger partial charge is 0.508 e. The number of carbonyl (C=O) groups is 1. The van der Waals surface area contributed by atoms with Crippen molar-refractivity contribution < 1.29 is 19.0 Å². The molecule has 0 amide bonds. The lowest BCUT2D eigenvalue weighted by Crippen LogP contribution is -2.31. The monoisotopic (exact) mass is 380 g/mol. The van der Waals surface area contributed by atoms with Crippen molar-refractivity contribution in [2.45, 2.75) is 64.7 Å². The van der Waals surface area contributed by atoms with Gasteiger partial charge in [0.05, 0.1) is 18.8 Å². The Kier molecular flexibility index (Phi) is 10.6. The Hall–Kier alpha value is -2.60. The van der Waals surface area contributed by atoms with E-state index in [1.54, 1.807) is 6.92 Å². The van der Waals surface area contributed by atoms with Crippen LogP contribution >= 0.6 is 0 Å². The highest BCUT2D eigenvalue weighted by molar-refractivity contribution is 5.59. The molecule has 0 saturated heterocycles. The SMILES string of the molecule is CCCCCCOC(=O)OC[C@H](CCC#N)OC(C)n1ccc(N)nc1=O. The van der Waals surface area contributed by atoms with Gasteiger partial charge in [-0.2, -0.15) is 10.2 Å². The minimum atomic E-state index is -0.768. The zero-order valence-corrected chi connectivity index (χ0v) is 15.9. The van der Waals surface area contributed by atoms with E-state index in [9.17, 15) is 9.59 Å². The number of ether oxygens (including phenoxy) is 3. The highest BCUT2D eigenvalue weighted by Gasteiger charge is 2.18. The molecule has 0 saturated carbocycles. The quantitative estimate of drug-likeness (QED) is 0.433. The summed E-state index contributed by atoms with van der Waals surface area (Å²) in [5, 5.41) is 8.79. The van der Waals surface area contributed by atoms with Crippen molar-refractivity contribution in [1.82, 2.24) is 9.55 Å². The topological polar surface area (TPSA) is 129 Å². The van der Waals surface area contributed by atoms with Crippen LogP contribution < -0.4 is 11.4 Å². The van der Waals surface area contributed by atoms with Gasteiger partial charge in [0, 0.05) is 12.6 Å². The van der Waals surface area contributed by atoms with Crippen LogP contribution in [0.3, 0.4) is 0 Å². The number of hydrogen-bond donors (Lipinski definition) is 1. The summed E-state index contributed by atoms with van der Waals surface area (Å²) >= 11 is 0. The predicted octanol–water partition coefficient (Wildman–Crippen LogP) is 2.77. The Morgan fingerprint density at radius 2 is 2.15 bits per heavy atom. The summed E-state index contributed by atoms with van der Waals surface area (Å²) in [6, 6.07) is 3.51. The molecule has 2 N–H and O–H groups in total. The van der Waals surface area contributed by atoms with Crippen LogP contribution in [0.15, 0.2) is 17.1 Å². The molecule has 27 heavy (non-hydrogen) atoms. The third-order valence-corrected chi connectivity index (χ3v) is 3.82. The van der Waals surface area contributed by atoms with Gasteiger partial charge in [0.15, 0.2) is 0 Å². The molecule has 1 unspecified atom stereocenters. The number of unbranched alkanes of at least 4 members (excludes halogenated alkanes) is 3. The second kappa shape index (κ2) is 12.7. The van der Waals surface area contributed by atoms with Gasteiger partial charge in [0.25, 0.3) is 0 Å². The van der Waals surface area contributed by atoms with E-state index in [2.05, 4.69) is 11.9 Å². The molecule has 0 aliphatic rings. The smallest absolute Gasteiger partial charge is 0.434 e. The summed E-state index contributed by atoms with van der Waals surface area (Å²) in [4.78, 5) is 27.2. The maximum Gasteiger partial charge on any atom is 0.508 e. The highest BCUT2D eigenvalue weighted by atomic mass is 16.7. The fourth-order valence-electron chi connectivity index (χ4n) is 2.35. The zero-order valence-electron chi connectivity index (χ0n) is 15.9. The third-order valence-electron chi connectivity index (χ3n) is 3.82. The van der Waals surface area contributed by atoms with Gasteiger partial charge in [-0.15, -0.1) is 0 Å². The van der Waals surface area contributed by atoms with Crippen LogP contribution in [0.25, 0.3) is 0 Å². The van der Waals surface area contributed by atoms with Crippen molar-refractivity contribution in [2.75, 3.05) is 18.9 Å². The summed E-state index contributed by atoms with van der Waals surface area (Å²) < 4.78 is 17.1. The second-order valence-corrected chi connectivity index (χ2v) is 6.07. The molecular weight excluding hydrogens is 352 g/mol. The molecule has 1 aromatic rings. The van der Waals surface area contributed by atoms with Crippen LogP contribution in [0.5, 0.6) is 0 Å². The molecule has 0 radical (unpaired) electrons. The van der Waals surface area contributed by atoms with Gasteiger partial charge in [-0.05, 0) is 25.8 Å². The molecule has 0 aliphatic heterocycles. The van der Waals surface area contributed by atoms with Crippen LogP contribution in [-0.4, -0.2) is 35.0 Å². The molecule has 0 fully saturated rings. The van der Waals surface area contributed by atoms with Crippen LogP contribution in [0.2, 0.25) is 0 Å². The standard InChI is InChI=1S/C18H28N4O5/c1-3-4-5-6-12-25-18(24)26-13-15(8-7-10-19)27-14(2)22-11-9-16(20)21-17(22)23/h9,11,14-15H,3-8,12-13H2,1-2H3,(H2,20,21,23)/t14?,15-/m0/s1. The van der Waals surface area contributed by atoms with Crippen molar-refractivity contribution in [3.63, 3.8) is 0 Å². The van der Waals surface area contributed by atoms with Crippen molar-refractivity contribution in [3.8, 4) is 6.07 Å². The van der Waals surface area contributed by atoms with Crippen LogP contribution in [0, 0.1) is 11.3 Å². The van der Waals surface area contributed by atoms with E-state index in [4.69, 9.17) is 25.2 Å². The number of nitrogens with zero attached hydrogens (tertiary/aromatic N) is 3. The Balaban J connectivity index is 2.51. The molecule has 9 heteroatoms. The molecule has 1 rings (SSSR count). The number of rotatable bonds is 12. The average Bonchev–Trinajstić information content (AvgIpc) is 2.63. The lowest BCUT2D eigenvalue weighted by Gasteiger charge is -2.22. The van der Waals surface area contributed by atoms with Gasteiger partial charge < -0.3 is 19.9 Å². The number of hydrogen-bond acceptors (Lipinski definition) is 8. The number of carbonyl (C=O) groups excluding carboxylic acids is 1. The normalized spacial score (nSPS) is 12.8. The zero-order chi connectivity index (χ0) is 20.1. The maximum absolute atomic E-state index is 11.9. The Morgan fingerprint density at radius 1 is 1.37 bits per heavy atom. The van der Waals surface area contributed by atoms with Crippen molar-refractivity contribution in [3.05, 3.63) is 22.7 Å². The molecular formula is C18H28N4O5. The van der Waals surface area contributed by atoms with E-state index in [0.717, 1.165) is 25.7 Å². The summed E-state index contributed by atoms with van der Waals surface area (Å²) in [7, 11) is 0. The minimum Gasteiger partial charge on any atom is -0.434 e. The van der Waals surface area contributed by atoms with Crippen LogP contribution in [0.4, 0.5) is 10.6 Å². The molecule has 9 nitrogen and oxygen atoms in total. The van der Waals surface area contributed by atoms with Gasteiger partial charge in [-0.1, -0.05) is 26.2 Å². The van der Waals surface area contributed by atoms with Gasteiger partial charge in [0.1, 0.15) is 18.7 Å². The van der Waals surface area contributed by atoms with E-state index in [1.165, 1.54) is 16.8 Å². The minimum absolute atomic E-state index is 0.0725. The fraction of sp³-hybridized carbons (Fsp3) is 0.667. The van der Waals surface area contributed by atoms with Gasteiger partial charge in [-0.3, -0.25) is 4.57 Å². The molecule has 0 aliphatic carbocycles. The van der Waals surface area contributed by atoms with E-state index < -0.39 is 24.2 Å². The van der Waals surface area contributed by atoms with E-state index in [-0.39, 0.29) is 18.8 Å². The lowest BCUT2D eigenvalue weighted by atomic mass is 10.2. The van der Waals surface area contributed by atoms with Crippen LogP contribution in [0.1, 0.15) is 58.6 Å². The first-order chi connectivity index (χ1) is 13.0. The van der Waals surface area contributed by atoms with Crippen molar-refractivity contribution >= 4 is 12.0 Å². The molecule has 0 spiro atoms. The van der Waals surface area contributed by atoms with Gasteiger partial charge in [0.2, 0.25) is 0 Å². The molecule has 1 aromatic heterocycles. The van der Waals surface area contributed by atoms with Gasteiger partial charge >= 0.3 is 11.8 Å². The molecule has 0 bridgehead atoms. The number of nitrogen functional groups attached to an aromatic ring is 1. The van der Waals surface area contributed by atoms with E-state index in [0.29, 0.717) is 13.0 Å². The Labute approximate surface area is 159 Å². The second-order valence-electron chi connectivity index (χ2n) is 6.07. The summed E-state index contributed by atoms with van der Waals surface area (Å²) in [5.41, 5.74) is 4.92. The lowest BCUT2D eigenvalue weighted by molar-refractivity contribution is -0.0787. The Bertz CT molecular complexity index is 670. The number of nitrogens with two attached hydrogens (primary N) is 1. The van der Waals surface area contributed by atoms with E-state index >= 15 is 0 Å². The van der Waals surface area contributed by atoms with Crippen molar-refractivity contribution in [1.29, 1.82) is 5.26 Å². The highest BCUT2D eigenvalue weighted by Crippen LogP contribution is 2.13. The first kappa shape index (κ1) is 22.4. The number of anilines is 1. The first-order valence-corrected chi connectivity index (χ1v) is 9.14. The summed E-state index contributed by atoms with van der Waals surface area (Å²) in [5.74, 6) is 0.120. The van der Waals surface area contributed by atoms with Crippen LogP contribution in [-0.2, 0) is 14.2 Å². The number of nitriles is 1. The molecule has 150 valence electrons. The Morgan fingerprint density at radius 3 is 2.81 bits per heavy atom. The van der Waals surface area contributed by atoms with Gasteiger partial charge in [-0.25, -0.2) is 9.59 Å². The van der Waals surface area contributed by atoms with E-state index in [1.807, 2.05) is 6.07 Å². The average molecular weight is 380 g/mol. The molecule has 1 heterocycles. The fourth-order valence-corrected chi connectivity index (χ4v) is 2.35. The third kappa shape index (κ3) is 9.06. The maximum atomic E-state index is 11.9.